The Labute approximate surface area is 116 Å². The molecule has 0 spiro atoms. The fourth-order valence-corrected chi connectivity index (χ4v) is 2.33. The average Bonchev–Trinajstić information content (AvgIpc) is 2.97. The van der Waals surface area contributed by atoms with Gasteiger partial charge in [0.1, 0.15) is 11.9 Å². The minimum Gasteiger partial charge on any atom is -0.357 e. The number of hydrogen-bond acceptors (Lipinski definition) is 5. The van der Waals surface area contributed by atoms with Gasteiger partial charge in [-0.25, -0.2) is 4.98 Å². The van der Waals surface area contributed by atoms with Gasteiger partial charge in [-0.15, -0.1) is 0 Å². The second kappa shape index (κ2) is 4.92. The minimum absolute atomic E-state index is 0.0429. The minimum atomic E-state index is -0.258. The van der Waals surface area contributed by atoms with Gasteiger partial charge in [-0.2, -0.15) is 5.10 Å². The van der Waals surface area contributed by atoms with Gasteiger partial charge in [0.15, 0.2) is 0 Å². The lowest BCUT2D eigenvalue weighted by Gasteiger charge is -2.15. The van der Waals surface area contributed by atoms with Crippen LogP contribution in [0.2, 0.25) is 0 Å². The summed E-state index contributed by atoms with van der Waals surface area (Å²) in [7, 11) is 1.84. The first kappa shape index (κ1) is 12.6. The number of amides is 1. The largest absolute Gasteiger partial charge is 0.357 e. The van der Waals surface area contributed by atoms with Crippen molar-refractivity contribution in [1.29, 1.82) is 0 Å². The molecule has 7 heteroatoms. The van der Waals surface area contributed by atoms with Crippen LogP contribution in [0.4, 0.5) is 11.5 Å². The SMILES string of the molecule is Cc1cncc(NC2CCN(c3cnn(C)c3)C2=O)n1. The Balaban J connectivity index is 1.73. The lowest BCUT2D eigenvalue weighted by atomic mass is 10.2. The normalized spacial score (nSPS) is 18.6. The predicted molar refractivity (Wildman–Crippen MR) is 74.4 cm³/mol. The van der Waals surface area contributed by atoms with Crippen molar-refractivity contribution in [2.75, 3.05) is 16.8 Å². The first-order valence-corrected chi connectivity index (χ1v) is 6.49. The lowest BCUT2D eigenvalue weighted by molar-refractivity contribution is -0.117. The van der Waals surface area contributed by atoms with Crippen LogP contribution in [0, 0.1) is 6.92 Å². The van der Waals surface area contributed by atoms with E-state index >= 15 is 0 Å². The van der Waals surface area contributed by atoms with Crippen LogP contribution in [0.5, 0.6) is 0 Å². The summed E-state index contributed by atoms with van der Waals surface area (Å²) in [6.45, 7) is 2.55. The maximum absolute atomic E-state index is 12.4. The topological polar surface area (TPSA) is 75.9 Å². The molecule has 3 heterocycles. The molecule has 3 rings (SSSR count). The molecule has 0 aliphatic carbocycles. The number of aromatic nitrogens is 4. The molecule has 0 bridgehead atoms. The summed E-state index contributed by atoms with van der Waals surface area (Å²) in [6.07, 6.45) is 7.60. The molecule has 1 atom stereocenters. The second-order valence-corrected chi connectivity index (χ2v) is 4.89. The molecule has 0 saturated carbocycles. The highest BCUT2D eigenvalue weighted by atomic mass is 16.2. The summed E-state index contributed by atoms with van der Waals surface area (Å²) in [4.78, 5) is 22.5. The molecule has 2 aromatic heterocycles. The molecule has 0 aromatic carbocycles. The first-order chi connectivity index (χ1) is 9.63. The third kappa shape index (κ3) is 2.34. The van der Waals surface area contributed by atoms with E-state index in [1.54, 1.807) is 28.2 Å². The highest BCUT2D eigenvalue weighted by Crippen LogP contribution is 2.22. The van der Waals surface area contributed by atoms with E-state index in [-0.39, 0.29) is 11.9 Å². The first-order valence-electron chi connectivity index (χ1n) is 6.49. The van der Waals surface area contributed by atoms with E-state index in [0.717, 1.165) is 17.8 Å². The average molecular weight is 272 g/mol. The van der Waals surface area contributed by atoms with Gasteiger partial charge in [0.2, 0.25) is 5.91 Å². The lowest BCUT2D eigenvalue weighted by Crippen LogP contribution is -2.33. The van der Waals surface area contributed by atoms with Gasteiger partial charge in [-0.1, -0.05) is 0 Å². The molecule has 1 fully saturated rings. The van der Waals surface area contributed by atoms with Crippen molar-refractivity contribution in [3.63, 3.8) is 0 Å². The third-order valence-corrected chi connectivity index (χ3v) is 3.29. The molecule has 20 heavy (non-hydrogen) atoms. The number of anilines is 2. The zero-order valence-electron chi connectivity index (χ0n) is 11.4. The van der Waals surface area contributed by atoms with Crippen LogP contribution >= 0.6 is 0 Å². The van der Waals surface area contributed by atoms with Gasteiger partial charge < -0.3 is 10.2 Å². The van der Waals surface area contributed by atoms with E-state index in [1.807, 2.05) is 20.2 Å². The summed E-state index contributed by atoms with van der Waals surface area (Å²) in [5.74, 6) is 0.678. The Morgan fingerprint density at radius 2 is 2.20 bits per heavy atom. The Kier molecular flexibility index (Phi) is 3.09. The molecule has 7 nitrogen and oxygen atoms in total. The van der Waals surface area contributed by atoms with Crippen LogP contribution in [-0.2, 0) is 11.8 Å². The number of nitrogens with one attached hydrogen (secondary N) is 1. The van der Waals surface area contributed by atoms with E-state index in [9.17, 15) is 4.79 Å². The molecule has 2 aromatic rings. The number of rotatable bonds is 3. The summed E-state index contributed by atoms with van der Waals surface area (Å²) in [5, 5.41) is 7.24. The smallest absolute Gasteiger partial charge is 0.249 e. The Morgan fingerprint density at radius 1 is 1.35 bits per heavy atom. The van der Waals surface area contributed by atoms with Crippen LogP contribution in [0.25, 0.3) is 0 Å². The molecule has 0 radical (unpaired) electrons. The van der Waals surface area contributed by atoms with Crippen molar-refractivity contribution in [3.05, 3.63) is 30.5 Å². The molecular formula is C13H16N6O. The number of nitrogens with zero attached hydrogens (tertiary/aromatic N) is 5. The summed E-state index contributed by atoms with van der Waals surface area (Å²) < 4.78 is 1.69. The molecule has 1 N–H and O–H groups in total. The molecule has 1 unspecified atom stereocenters. The van der Waals surface area contributed by atoms with Crippen molar-refractivity contribution in [1.82, 2.24) is 19.7 Å². The molecule has 1 aliphatic rings. The Bertz CT molecular complexity index is 637. The van der Waals surface area contributed by atoms with Crippen LogP contribution in [-0.4, -0.2) is 38.2 Å². The van der Waals surface area contributed by atoms with Crippen molar-refractivity contribution in [2.24, 2.45) is 7.05 Å². The molecule has 1 amide bonds. The molecular weight excluding hydrogens is 256 g/mol. The molecule has 1 aliphatic heterocycles. The monoisotopic (exact) mass is 272 g/mol. The fraction of sp³-hybridized carbons (Fsp3) is 0.385. The third-order valence-electron chi connectivity index (χ3n) is 3.29. The van der Waals surface area contributed by atoms with E-state index in [0.29, 0.717) is 12.4 Å². The maximum Gasteiger partial charge on any atom is 0.249 e. The summed E-state index contributed by atoms with van der Waals surface area (Å²) in [6, 6.07) is -0.258. The van der Waals surface area contributed by atoms with Gasteiger partial charge in [0, 0.05) is 26.0 Å². The van der Waals surface area contributed by atoms with Crippen LogP contribution in [0.3, 0.4) is 0 Å². The van der Waals surface area contributed by atoms with E-state index in [2.05, 4.69) is 20.4 Å². The zero-order chi connectivity index (χ0) is 14.1. The van der Waals surface area contributed by atoms with Crippen molar-refractivity contribution in [2.45, 2.75) is 19.4 Å². The van der Waals surface area contributed by atoms with Crippen LogP contribution in [0.1, 0.15) is 12.1 Å². The van der Waals surface area contributed by atoms with E-state index in [1.165, 1.54) is 0 Å². The highest BCUT2D eigenvalue weighted by molar-refractivity contribution is 6.00. The highest BCUT2D eigenvalue weighted by Gasteiger charge is 2.33. The Hall–Kier alpha value is -2.44. The second-order valence-electron chi connectivity index (χ2n) is 4.89. The van der Waals surface area contributed by atoms with Gasteiger partial charge in [-0.3, -0.25) is 14.5 Å². The predicted octanol–water partition coefficient (Wildman–Crippen LogP) is 0.736. The Morgan fingerprint density at radius 3 is 2.90 bits per heavy atom. The standard InChI is InChI=1S/C13H16N6O/c1-9-5-14-7-12(16-9)17-11-3-4-19(13(11)20)10-6-15-18(2)8-10/h5-8,11H,3-4H2,1-2H3,(H,16,17). The van der Waals surface area contributed by atoms with Crippen LogP contribution in [0.15, 0.2) is 24.8 Å². The van der Waals surface area contributed by atoms with Crippen LogP contribution < -0.4 is 10.2 Å². The van der Waals surface area contributed by atoms with Crippen molar-refractivity contribution >= 4 is 17.4 Å². The molecule has 1 saturated heterocycles. The summed E-state index contributed by atoms with van der Waals surface area (Å²) in [5.41, 5.74) is 1.65. The number of hydrogen-bond donors (Lipinski definition) is 1. The maximum atomic E-state index is 12.4. The van der Waals surface area contributed by atoms with Gasteiger partial charge >= 0.3 is 0 Å². The van der Waals surface area contributed by atoms with Gasteiger partial charge in [0.05, 0.1) is 23.8 Å². The number of carbonyl (C=O) groups is 1. The quantitative estimate of drug-likeness (QED) is 0.891. The fourth-order valence-electron chi connectivity index (χ4n) is 2.33. The van der Waals surface area contributed by atoms with Crippen molar-refractivity contribution < 1.29 is 4.79 Å². The summed E-state index contributed by atoms with van der Waals surface area (Å²) >= 11 is 0. The number of aryl methyl sites for hydroxylation is 2. The van der Waals surface area contributed by atoms with Gasteiger partial charge in [0.25, 0.3) is 0 Å². The molecule has 104 valence electrons. The number of carbonyl (C=O) groups excluding carboxylic acids is 1. The zero-order valence-corrected chi connectivity index (χ0v) is 11.4. The van der Waals surface area contributed by atoms with Crippen molar-refractivity contribution in [3.8, 4) is 0 Å². The van der Waals surface area contributed by atoms with Gasteiger partial charge in [-0.05, 0) is 13.3 Å². The van der Waals surface area contributed by atoms with E-state index < -0.39 is 0 Å². The van der Waals surface area contributed by atoms with E-state index in [4.69, 9.17) is 0 Å².